The number of nitrogens with one attached hydrogen (secondary N) is 1. The van der Waals surface area contributed by atoms with Crippen LogP contribution in [0.25, 0.3) is 11.4 Å². The van der Waals surface area contributed by atoms with E-state index in [1.165, 1.54) is 6.07 Å². The summed E-state index contributed by atoms with van der Waals surface area (Å²) in [5, 5.41) is 3.02. The molecule has 0 bridgehead atoms. The Bertz CT molecular complexity index is 940. The number of aromatic nitrogens is 2. The van der Waals surface area contributed by atoms with Crippen LogP contribution >= 0.6 is 0 Å². The van der Waals surface area contributed by atoms with Crippen LogP contribution in [0.2, 0.25) is 0 Å². The summed E-state index contributed by atoms with van der Waals surface area (Å²) in [6.07, 6.45) is 4.46. The van der Waals surface area contributed by atoms with Crippen molar-refractivity contribution < 1.29 is 9.18 Å². The molecule has 1 saturated heterocycles. The second kappa shape index (κ2) is 8.25. The van der Waals surface area contributed by atoms with Gasteiger partial charge in [0.2, 0.25) is 5.91 Å². The number of para-hydroxylation sites is 1. The van der Waals surface area contributed by atoms with Crippen LogP contribution in [0.15, 0.2) is 67.0 Å². The van der Waals surface area contributed by atoms with Gasteiger partial charge in [-0.2, -0.15) is 0 Å². The van der Waals surface area contributed by atoms with Crippen molar-refractivity contribution in [2.45, 2.75) is 13.0 Å². The van der Waals surface area contributed by atoms with E-state index in [9.17, 15) is 9.18 Å². The monoisotopic (exact) mass is 378 g/mol. The van der Waals surface area contributed by atoms with Gasteiger partial charge in [0.05, 0.1) is 5.69 Å². The molecule has 2 heterocycles. The number of benzene rings is 2. The zero-order valence-corrected chi connectivity index (χ0v) is 15.6. The van der Waals surface area contributed by atoms with Crippen LogP contribution in [-0.4, -0.2) is 35.1 Å². The number of halogens is 1. The van der Waals surface area contributed by atoms with Crippen molar-refractivity contribution in [1.82, 2.24) is 14.9 Å². The maximum absolute atomic E-state index is 14.0. The van der Waals surface area contributed by atoms with Gasteiger partial charge < -0.3 is 14.8 Å². The molecular formula is C22H23FN4O. The molecular weight excluding hydrogens is 355 g/mol. The zero-order chi connectivity index (χ0) is 19.3. The molecule has 1 amide bonds. The molecule has 1 unspecified atom stereocenters. The number of carbonyl (C=O) groups excluding carboxylic acids is 1. The Kier molecular flexibility index (Phi) is 5.37. The van der Waals surface area contributed by atoms with Gasteiger partial charge in [-0.05, 0) is 24.5 Å². The van der Waals surface area contributed by atoms with Crippen LogP contribution < -0.4 is 10.2 Å². The van der Waals surface area contributed by atoms with E-state index in [0.717, 1.165) is 30.9 Å². The lowest BCUT2D eigenvalue weighted by Crippen LogP contribution is -2.33. The Morgan fingerprint density at radius 1 is 1.14 bits per heavy atom. The minimum Gasteiger partial charge on any atom is -0.369 e. The molecule has 1 fully saturated rings. The van der Waals surface area contributed by atoms with Crippen LogP contribution in [0.3, 0.4) is 0 Å². The predicted molar refractivity (Wildman–Crippen MR) is 107 cm³/mol. The number of hydrogen-bond donors (Lipinski definition) is 1. The first-order valence-electron chi connectivity index (χ1n) is 9.53. The smallest absolute Gasteiger partial charge is 0.240 e. The van der Waals surface area contributed by atoms with E-state index in [-0.39, 0.29) is 18.3 Å². The Morgan fingerprint density at radius 2 is 1.93 bits per heavy atom. The standard InChI is InChI=1S/C22H23FN4O/c23-19-8-4-5-9-20(19)26-12-10-17(15-26)14-25-21(28)16-27-13-11-24-22(27)18-6-2-1-3-7-18/h1-9,11,13,17H,10,12,14-16H2,(H,25,28). The highest BCUT2D eigenvalue weighted by Crippen LogP contribution is 2.25. The highest BCUT2D eigenvalue weighted by atomic mass is 19.1. The number of nitrogens with zero attached hydrogens (tertiary/aromatic N) is 3. The van der Waals surface area contributed by atoms with Gasteiger partial charge in [-0.25, -0.2) is 9.37 Å². The van der Waals surface area contributed by atoms with Crippen LogP contribution in [0.5, 0.6) is 0 Å². The summed E-state index contributed by atoms with van der Waals surface area (Å²) < 4.78 is 15.8. The van der Waals surface area contributed by atoms with Gasteiger partial charge in [-0.3, -0.25) is 4.79 Å². The van der Waals surface area contributed by atoms with E-state index in [2.05, 4.69) is 15.2 Å². The molecule has 0 radical (unpaired) electrons. The summed E-state index contributed by atoms with van der Waals surface area (Å²) in [5.74, 6) is 0.863. The predicted octanol–water partition coefficient (Wildman–Crippen LogP) is 3.33. The summed E-state index contributed by atoms with van der Waals surface area (Å²) in [5.41, 5.74) is 1.62. The van der Waals surface area contributed by atoms with Gasteiger partial charge in [-0.15, -0.1) is 0 Å². The molecule has 5 nitrogen and oxygen atoms in total. The number of amides is 1. The van der Waals surface area contributed by atoms with Crippen LogP contribution in [0, 0.1) is 11.7 Å². The first kappa shape index (κ1) is 18.2. The van der Waals surface area contributed by atoms with Crippen molar-refractivity contribution in [2.24, 2.45) is 5.92 Å². The number of imidazole rings is 1. The first-order chi connectivity index (χ1) is 13.7. The highest BCUT2D eigenvalue weighted by molar-refractivity contribution is 5.76. The fraction of sp³-hybridized carbons (Fsp3) is 0.273. The van der Waals surface area contributed by atoms with E-state index in [1.54, 1.807) is 18.3 Å². The SMILES string of the molecule is O=C(Cn1ccnc1-c1ccccc1)NCC1CCN(c2ccccc2F)C1. The first-order valence-corrected chi connectivity index (χ1v) is 9.53. The van der Waals surface area contributed by atoms with Gasteiger partial charge in [0.1, 0.15) is 18.2 Å². The number of rotatable bonds is 6. The van der Waals surface area contributed by atoms with Crippen molar-refractivity contribution in [1.29, 1.82) is 0 Å². The molecule has 0 spiro atoms. The lowest BCUT2D eigenvalue weighted by Gasteiger charge is -2.19. The summed E-state index contributed by atoms with van der Waals surface area (Å²) >= 11 is 0. The maximum Gasteiger partial charge on any atom is 0.240 e. The van der Waals surface area contributed by atoms with E-state index < -0.39 is 0 Å². The topological polar surface area (TPSA) is 50.2 Å². The Morgan fingerprint density at radius 3 is 2.75 bits per heavy atom. The molecule has 1 aromatic heterocycles. The molecule has 0 aliphatic carbocycles. The van der Waals surface area contributed by atoms with E-state index in [4.69, 9.17) is 0 Å². The summed E-state index contributed by atoms with van der Waals surface area (Å²) in [6.45, 7) is 2.38. The van der Waals surface area contributed by atoms with E-state index in [1.807, 2.05) is 47.2 Å². The van der Waals surface area contributed by atoms with Crippen LogP contribution in [0.1, 0.15) is 6.42 Å². The number of hydrogen-bond acceptors (Lipinski definition) is 3. The van der Waals surface area contributed by atoms with Crippen LogP contribution in [0.4, 0.5) is 10.1 Å². The minimum atomic E-state index is -0.194. The average molecular weight is 378 g/mol. The third kappa shape index (κ3) is 4.06. The molecule has 144 valence electrons. The molecule has 1 aliphatic heterocycles. The van der Waals surface area contributed by atoms with Crippen molar-refractivity contribution in [3.05, 3.63) is 72.8 Å². The molecule has 1 atom stereocenters. The van der Waals surface area contributed by atoms with Crippen molar-refractivity contribution in [3.63, 3.8) is 0 Å². The summed E-state index contributed by atoms with van der Waals surface area (Å²) in [7, 11) is 0. The normalized spacial score (nSPS) is 16.3. The summed E-state index contributed by atoms with van der Waals surface area (Å²) in [6, 6.07) is 16.7. The molecule has 1 N–H and O–H groups in total. The van der Waals surface area contributed by atoms with E-state index >= 15 is 0 Å². The van der Waals surface area contributed by atoms with Crippen molar-refractivity contribution in [3.8, 4) is 11.4 Å². The molecule has 28 heavy (non-hydrogen) atoms. The van der Waals surface area contributed by atoms with Crippen LogP contribution in [-0.2, 0) is 11.3 Å². The molecule has 6 heteroatoms. The zero-order valence-electron chi connectivity index (χ0n) is 15.6. The molecule has 4 rings (SSSR count). The third-order valence-electron chi connectivity index (χ3n) is 5.13. The lowest BCUT2D eigenvalue weighted by molar-refractivity contribution is -0.121. The minimum absolute atomic E-state index is 0.0421. The molecule has 2 aromatic carbocycles. The second-order valence-corrected chi connectivity index (χ2v) is 7.10. The van der Waals surface area contributed by atoms with Gasteiger partial charge >= 0.3 is 0 Å². The average Bonchev–Trinajstić information content (AvgIpc) is 3.37. The third-order valence-corrected chi connectivity index (χ3v) is 5.13. The molecule has 1 aliphatic rings. The molecule has 3 aromatic rings. The Hall–Kier alpha value is -3.15. The quantitative estimate of drug-likeness (QED) is 0.716. The van der Waals surface area contributed by atoms with Gasteiger partial charge in [-0.1, -0.05) is 42.5 Å². The largest absolute Gasteiger partial charge is 0.369 e. The van der Waals surface area contributed by atoms with Crippen molar-refractivity contribution >= 4 is 11.6 Å². The highest BCUT2D eigenvalue weighted by Gasteiger charge is 2.24. The molecule has 0 saturated carbocycles. The maximum atomic E-state index is 14.0. The summed E-state index contributed by atoms with van der Waals surface area (Å²) in [4.78, 5) is 18.8. The number of anilines is 1. The fourth-order valence-electron chi connectivity index (χ4n) is 3.68. The van der Waals surface area contributed by atoms with Crippen molar-refractivity contribution in [2.75, 3.05) is 24.5 Å². The van der Waals surface area contributed by atoms with Gasteiger partial charge in [0.25, 0.3) is 0 Å². The lowest BCUT2D eigenvalue weighted by atomic mass is 10.1. The Labute approximate surface area is 163 Å². The number of carbonyl (C=O) groups is 1. The van der Waals surface area contributed by atoms with Gasteiger partial charge in [0.15, 0.2) is 0 Å². The second-order valence-electron chi connectivity index (χ2n) is 7.10. The fourth-order valence-corrected chi connectivity index (χ4v) is 3.68. The van der Waals surface area contributed by atoms with E-state index in [0.29, 0.717) is 18.2 Å². The van der Waals surface area contributed by atoms with Gasteiger partial charge in [0, 0.05) is 37.6 Å². The Balaban J connectivity index is 1.30.